The van der Waals surface area contributed by atoms with Crippen LogP contribution in [-0.2, 0) is 26.6 Å². The van der Waals surface area contributed by atoms with Gasteiger partial charge in [-0.05, 0) is 111 Å². The number of pyridine rings is 2. The normalized spacial score (nSPS) is 16.0. The second-order valence-electron chi connectivity index (χ2n) is 15.4. The third-order valence-corrected chi connectivity index (χ3v) is 11.4. The molecule has 0 bridgehead atoms. The van der Waals surface area contributed by atoms with E-state index in [0.717, 1.165) is 117 Å². The van der Waals surface area contributed by atoms with Crippen molar-refractivity contribution in [1.82, 2.24) is 49.1 Å². The van der Waals surface area contributed by atoms with E-state index in [-0.39, 0.29) is 12.1 Å². The van der Waals surface area contributed by atoms with E-state index >= 15 is 0 Å². The van der Waals surface area contributed by atoms with Gasteiger partial charge >= 0.3 is 12.7 Å². The number of hydrogen-bond donors (Lipinski definition) is 2. The van der Waals surface area contributed by atoms with Crippen LogP contribution in [-0.4, -0.2) is 49.1 Å². The molecule has 2 atom stereocenters. The SMILES string of the molecule is Cc1cc2cnn(-c3cnn(C)c3)c2cc1N[C@H]1CCCc2cc(C#[N+]Cn3cc(-n4ncc5cc(C)c(N[C@@H]6CCCc7cc(C#N)cnc76)cc54)cn3)cnc21. The number of hydrogen-bond acceptors (Lipinski definition) is 9. The van der Waals surface area contributed by atoms with Gasteiger partial charge in [0, 0.05) is 41.6 Å². The summed E-state index contributed by atoms with van der Waals surface area (Å²) in [6.45, 7) is 4.55. The van der Waals surface area contributed by atoms with Crippen molar-refractivity contribution in [3.8, 4) is 23.5 Å². The third kappa shape index (κ3) is 6.48. The van der Waals surface area contributed by atoms with Crippen LogP contribution in [0.1, 0.15) is 82.5 Å². The first-order chi connectivity index (χ1) is 28.4. The van der Waals surface area contributed by atoms with Gasteiger partial charge in [-0.15, -0.1) is 0 Å². The molecule has 0 aliphatic heterocycles. The van der Waals surface area contributed by atoms with E-state index in [2.05, 4.69) is 92.1 Å². The van der Waals surface area contributed by atoms with E-state index < -0.39 is 0 Å². The number of aryl methyl sites for hydroxylation is 5. The Morgan fingerprint density at radius 3 is 1.84 bits per heavy atom. The predicted octanol–water partition coefficient (Wildman–Crippen LogP) is 7.89. The maximum atomic E-state index is 9.36. The summed E-state index contributed by atoms with van der Waals surface area (Å²) in [6.07, 6.45) is 20.9. The average molecular weight is 766 g/mol. The molecule has 10 rings (SSSR count). The van der Waals surface area contributed by atoms with Crippen LogP contribution in [0, 0.1) is 31.2 Å². The Morgan fingerprint density at radius 2 is 1.26 bits per heavy atom. The maximum absolute atomic E-state index is 9.36. The second kappa shape index (κ2) is 14.3. The molecule has 0 radical (unpaired) electrons. The van der Waals surface area contributed by atoms with Gasteiger partial charge in [0.05, 0.1) is 77.2 Å². The number of nitriles is 1. The summed E-state index contributed by atoms with van der Waals surface area (Å²) in [4.78, 5) is 14.2. The number of nitrogens with one attached hydrogen (secondary N) is 2. The van der Waals surface area contributed by atoms with Crippen molar-refractivity contribution in [2.45, 2.75) is 71.1 Å². The van der Waals surface area contributed by atoms with Crippen LogP contribution in [0.15, 0.2) is 86.0 Å². The lowest BCUT2D eigenvalue weighted by Crippen LogP contribution is -2.19. The van der Waals surface area contributed by atoms with Crippen molar-refractivity contribution in [1.29, 1.82) is 5.26 Å². The molecule has 2 aliphatic rings. The molecule has 0 fully saturated rings. The topological polar surface area (TPSA) is 149 Å². The Bertz CT molecular complexity index is 2980. The van der Waals surface area contributed by atoms with Gasteiger partial charge in [0.25, 0.3) is 0 Å². The van der Waals surface area contributed by atoms with Crippen LogP contribution in [0.25, 0.3) is 38.0 Å². The van der Waals surface area contributed by atoms with Crippen LogP contribution < -0.4 is 10.6 Å². The maximum Gasteiger partial charge on any atom is 0.357 e. The average Bonchev–Trinajstić information content (AvgIpc) is 4.05. The van der Waals surface area contributed by atoms with E-state index in [0.29, 0.717) is 12.2 Å². The molecule has 2 aliphatic carbocycles. The summed E-state index contributed by atoms with van der Waals surface area (Å²) in [5.41, 5.74) is 14.1. The standard InChI is InChI=1S/C44H41N14/c1-27-10-33-20-51-57(35-22-49-55(3)24-35)41(33)14-39(27)54-38-9-5-7-32-13-30(19-48-44(32)38)17-46-26-56-25-36(23-50-56)58-42-15-40(28(2)11-34(42)21-52-58)53-37-8-4-6-31-12-29(16-45)18-47-43(31)37/h10-15,18-25,37-38,53-54H,4-9,26H2,1-3H3/q+1/t37-,38+/m1/s1. The van der Waals surface area contributed by atoms with E-state index in [1.165, 1.54) is 5.56 Å². The summed E-state index contributed by atoms with van der Waals surface area (Å²) in [7, 11) is 1.91. The van der Waals surface area contributed by atoms with Crippen LogP contribution in [0.5, 0.6) is 0 Å². The predicted molar refractivity (Wildman–Crippen MR) is 222 cm³/mol. The van der Waals surface area contributed by atoms with Crippen LogP contribution in [0.4, 0.5) is 11.4 Å². The highest BCUT2D eigenvalue weighted by Gasteiger charge is 2.25. The van der Waals surface area contributed by atoms with Gasteiger partial charge in [0.2, 0.25) is 0 Å². The van der Waals surface area contributed by atoms with Crippen molar-refractivity contribution in [3.63, 3.8) is 0 Å². The molecule has 2 aromatic carbocycles. The van der Waals surface area contributed by atoms with Gasteiger partial charge in [-0.25, -0.2) is 9.36 Å². The highest BCUT2D eigenvalue weighted by Crippen LogP contribution is 2.36. The summed E-state index contributed by atoms with van der Waals surface area (Å²) < 4.78 is 7.42. The number of aromatic nitrogens is 10. The minimum Gasteiger partial charge on any atom is -0.376 e. The van der Waals surface area contributed by atoms with Crippen molar-refractivity contribution in [3.05, 3.63) is 136 Å². The molecular formula is C44H41N14+. The number of nitrogens with zero attached hydrogens (tertiary/aromatic N) is 12. The van der Waals surface area contributed by atoms with Gasteiger partial charge < -0.3 is 10.6 Å². The van der Waals surface area contributed by atoms with Crippen molar-refractivity contribution in [2.75, 3.05) is 10.6 Å². The molecule has 0 spiro atoms. The third-order valence-electron chi connectivity index (χ3n) is 11.4. The lowest BCUT2D eigenvalue weighted by molar-refractivity contribution is 0.583. The zero-order valence-electron chi connectivity index (χ0n) is 32.6. The number of fused-ring (bicyclic) bond motifs is 4. The zero-order valence-corrected chi connectivity index (χ0v) is 32.6. The molecule has 0 amide bonds. The highest BCUT2D eigenvalue weighted by molar-refractivity contribution is 5.86. The zero-order chi connectivity index (χ0) is 39.3. The molecule has 8 aromatic rings. The molecule has 6 heterocycles. The number of rotatable bonds is 7. The fourth-order valence-electron chi connectivity index (χ4n) is 8.47. The van der Waals surface area contributed by atoms with E-state index in [1.807, 2.05) is 65.9 Å². The second-order valence-corrected chi connectivity index (χ2v) is 15.4. The van der Waals surface area contributed by atoms with Crippen LogP contribution in [0.3, 0.4) is 0 Å². The van der Waals surface area contributed by atoms with Gasteiger partial charge in [-0.2, -0.15) is 30.3 Å². The largest absolute Gasteiger partial charge is 0.376 e. The summed E-state index contributed by atoms with van der Waals surface area (Å²) in [5, 5.41) is 37.3. The van der Waals surface area contributed by atoms with Gasteiger partial charge in [0.15, 0.2) is 0 Å². The fraction of sp³-hybridized carbons (Fsp3) is 0.273. The van der Waals surface area contributed by atoms with Crippen LogP contribution in [0.2, 0.25) is 0 Å². The Morgan fingerprint density at radius 1 is 0.690 bits per heavy atom. The van der Waals surface area contributed by atoms with Crippen molar-refractivity contribution >= 4 is 33.2 Å². The molecule has 2 N–H and O–H groups in total. The van der Waals surface area contributed by atoms with E-state index in [9.17, 15) is 5.26 Å². The summed E-state index contributed by atoms with van der Waals surface area (Å²) in [5.74, 6) is 0. The van der Waals surface area contributed by atoms with Gasteiger partial charge in [-0.1, -0.05) is 4.85 Å². The lowest BCUT2D eigenvalue weighted by Gasteiger charge is -2.27. The fourth-order valence-corrected chi connectivity index (χ4v) is 8.47. The van der Waals surface area contributed by atoms with Crippen molar-refractivity contribution in [2.24, 2.45) is 7.05 Å². The smallest absolute Gasteiger partial charge is 0.357 e. The molecule has 14 heteroatoms. The first kappa shape index (κ1) is 35.1. The first-order valence-corrected chi connectivity index (χ1v) is 19.7. The molecule has 0 unspecified atom stereocenters. The molecule has 0 saturated heterocycles. The van der Waals surface area contributed by atoms with Gasteiger partial charge in [0.1, 0.15) is 23.0 Å². The monoisotopic (exact) mass is 765 g/mol. The van der Waals surface area contributed by atoms with Crippen LogP contribution >= 0.6 is 0 Å². The Hall–Kier alpha value is -7.32. The van der Waals surface area contributed by atoms with E-state index in [1.54, 1.807) is 15.6 Å². The molecule has 58 heavy (non-hydrogen) atoms. The Kier molecular flexibility index (Phi) is 8.67. The Balaban J connectivity index is 0.836. The van der Waals surface area contributed by atoms with Crippen molar-refractivity contribution < 1.29 is 0 Å². The summed E-state index contributed by atoms with van der Waals surface area (Å²) in [6, 6.07) is 18.4. The first-order valence-electron chi connectivity index (χ1n) is 19.7. The summed E-state index contributed by atoms with van der Waals surface area (Å²) >= 11 is 0. The molecule has 6 aromatic heterocycles. The molecular weight excluding hydrogens is 725 g/mol. The van der Waals surface area contributed by atoms with E-state index in [4.69, 9.17) is 10.1 Å². The number of benzene rings is 2. The number of anilines is 2. The minimum absolute atomic E-state index is 0.0740. The molecule has 286 valence electrons. The quantitative estimate of drug-likeness (QED) is 0.165. The van der Waals surface area contributed by atoms with Gasteiger partial charge in [-0.3, -0.25) is 14.6 Å². The highest BCUT2D eigenvalue weighted by atomic mass is 15.4. The molecule has 14 nitrogen and oxygen atoms in total. The molecule has 0 saturated carbocycles. The minimum atomic E-state index is 0.0740. The Labute approximate surface area is 334 Å². The lowest BCUT2D eigenvalue weighted by atomic mass is 9.90.